The summed E-state index contributed by atoms with van der Waals surface area (Å²) >= 11 is 0. The summed E-state index contributed by atoms with van der Waals surface area (Å²) in [7, 11) is 0. The standard InChI is InChI=1S/C10H11F2N5/c1-6(10-14-16-17-15-10)13-5-7-2-3-8(11)4-9(7)12/h2-4,6,13H,5H2,1H3,(H,14,15,16,17). The number of tetrazole rings is 1. The number of hydrogen-bond donors (Lipinski definition) is 2. The summed E-state index contributed by atoms with van der Waals surface area (Å²) in [6, 6.07) is 3.31. The molecular formula is C10H11F2N5. The maximum absolute atomic E-state index is 13.3. The Hall–Kier alpha value is -1.89. The Labute approximate surface area is 96.2 Å². The first-order chi connectivity index (χ1) is 8.16. The van der Waals surface area contributed by atoms with Crippen LogP contribution in [0.3, 0.4) is 0 Å². The predicted octanol–water partition coefficient (Wildman–Crippen LogP) is 1.33. The van der Waals surface area contributed by atoms with Gasteiger partial charge in [0.05, 0.1) is 6.04 Å². The fraction of sp³-hybridized carbons (Fsp3) is 0.300. The molecule has 1 heterocycles. The van der Waals surface area contributed by atoms with Gasteiger partial charge < -0.3 is 5.32 Å². The highest BCUT2D eigenvalue weighted by molar-refractivity contribution is 5.18. The zero-order chi connectivity index (χ0) is 12.3. The number of benzene rings is 1. The van der Waals surface area contributed by atoms with Gasteiger partial charge in [0.25, 0.3) is 0 Å². The average molecular weight is 239 g/mol. The van der Waals surface area contributed by atoms with E-state index in [1.54, 1.807) is 0 Å². The molecule has 0 saturated carbocycles. The van der Waals surface area contributed by atoms with Crippen LogP contribution < -0.4 is 5.32 Å². The van der Waals surface area contributed by atoms with E-state index in [1.807, 2.05) is 6.92 Å². The van der Waals surface area contributed by atoms with Crippen molar-refractivity contribution in [3.63, 3.8) is 0 Å². The van der Waals surface area contributed by atoms with E-state index in [0.29, 0.717) is 11.4 Å². The Morgan fingerprint density at radius 3 is 2.88 bits per heavy atom. The first-order valence-electron chi connectivity index (χ1n) is 5.07. The zero-order valence-corrected chi connectivity index (χ0v) is 9.11. The van der Waals surface area contributed by atoms with Crippen molar-refractivity contribution in [2.75, 3.05) is 0 Å². The highest BCUT2D eigenvalue weighted by Gasteiger charge is 2.10. The van der Waals surface area contributed by atoms with Crippen LogP contribution in [-0.2, 0) is 6.54 Å². The van der Waals surface area contributed by atoms with E-state index in [0.717, 1.165) is 6.07 Å². The number of aromatic nitrogens is 4. The van der Waals surface area contributed by atoms with E-state index in [9.17, 15) is 8.78 Å². The topological polar surface area (TPSA) is 66.5 Å². The molecule has 1 atom stereocenters. The molecule has 17 heavy (non-hydrogen) atoms. The first-order valence-corrected chi connectivity index (χ1v) is 5.07. The number of nitrogens with zero attached hydrogens (tertiary/aromatic N) is 3. The number of hydrogen-bond acceptors (Lipinski definition) is 4. The summed E-state index contributed by atoms with van der Waals surface area (Å²) in [5.41, 5.74) is 0.391. The quantitative estimate of drug-likeness (QED) is 0.844. The molecule has 0 aliphatic carbocycles. The molecule has 5 nitrogen and oxygen atoms in total. The van der Waals surface area contributed by atoms with Gasteiger partial charge in [-0.25, -0.2) is 8.78 Å². The molecule has 0 radical (unpaired) electrons. The Morgan fingerprint density at radius 1 is 1.41 bits per heavy atom. The third kappa shape index (κ3) is 2.82. The SMILES string of the molecule is CC(NCc1ccc(F)cc1F)c1nn[nH]n1. The van der Waals surface area contributed by atoms with Crippen molar-refractivity contribution in [3.05, 3.63) is 41.2 Å². The van der Waals surface area contributed by atoms with Crippen molar-refractivity contribution in [2.24, 2.45) is 0 Å². The van der Waals surface area contributed by atoms with Gasteiger partial charge in [-0.3, -0.25) is 0 Å². The summed E-state index contributed by atoms with van der Waals surface area (Å²) < 4.78 is 26.0. The van der Waals surface area contributed by atoms with Crippen LogP contribution in [0.5, 0.6) is 0 Å². The highest BCUT2D eigenvalue weighted by Crippen LogP contribution is 2.11. The summed E-state index contributed by atoms with van der Waals surface area (Å²) in [5, 5.41) is 16.4. The molecule has 1 aromatic carbocycles. The second kappa shape index (κ2) is 4.96. The van der Waals surface area contributed by atoms with E-state index in [2.05, 4.69) is 25.9 Å². The smallest absolute Gasteiger partial charge is 0.191 e. The van der Waals surface area contributed by atoms with Gasteiger partial charge >= 0.3 is 0 Å². The summed E-state index contributed by atoms with van der Waals surface area (Å²) in [6.07, 6.45) is 0. The molecule has 0 saturated heterocycles. The van der Waals surface area contributed by atoms with Gasteiger partial charge in [0, 0.05) is 18.2 Å². The van der Waals surface area contributed by atoms with Gasteiger partial charge in [0.2, 0.25) is 0 Å². The number of H-pyrrole nitrogens is 1. The van der Waals surface area contributed by atoms with Gasteiger partial charge in [0.15, 0.2) is 5.82 Å². The molecule has 0 aliphatic heterocycles. The number of rotatable bonds is 4. The lowest BCUT2D eigenvalue weighted by Crippen LogP contribution is -2.20. The molecule has 0 bridgehead atoms. The molecule has 2 rings (SSSR count). The second-order valence-electron chi connectivity index (χ2n) is 3.61. The monoisotopic (exact) mass is 239 g/mol. The number of halogens is 2. The second-order valence-corrected chi connectivity index (χ2v) is 3.61. The first kappa shape index (κ1) is 11.6. The molecule has 2 N–H and O–H groups in total. The van der Waals surface area contributed by atoms with Gasteiger partial charge in [-0.2, -0.15) is 5.21 Å². The Morgan fingerprint density at radius 2 is 2.24 bits per heavy atom. The fourth-order valence-corrected chi connectivity index (χ4v) is 1.37. The normalized spacial score (nSPS) is 12.6. The zero-order valence-electron chi connectivity index (χ0n) is 9.11. The molecule has 0 fully saturated rings. The summed E-state index contributed by atoms with van der Waals surface area (Å²) in [6.45, 7) is 2.09. The minimum Gasteiger partial charge on any atom is -0.303 e. The summed E-state index contributed by atoms with van der Waals surface area (Å²) in [4.78, 5) is 0. The molecule has 0 aliphatic rings. The molecule has 7 heteroatoms. The molecular weight excluding hydrogens is 228 g/mol. The third-order valence-corrected chi connectivity index (χ3v) is 2.36. The number of nitrogens with one attached hydrogen (secondary N) is 2. The van der Waals surface area contributed by atoms with E-state index < -0.39 is 11.6 Å². The van der Waals surface area contributed by atoms with E-state index in [-0.39, 0.29) is 12.6 Å². The lowest BCUT2D eigenvalue weighted by molar-refractivity contribution is 0.519. The molecule has 1 aromatic heterocycles. The lowest BCUT2D eigenvalue weighted by atomic mass is 10.2. The molecule has 0 amide bonds. The maximum atomic E-state index is 13.3. The van der Waals surface area contributed by atoms with Crippen LogP contribution in [0.4, 0.5) is 8.78 Å². The Kier molecular flexibility index (Phi) is 3.38. The van der Waals surface area contributed by atoms with Crippen LogP contribution in [-0.4, -0.2) is 20.6 Å². The highest BCUT2D eigenvalue weighted by atomic mass is 19.1. The van der Waals surface area contributed by atoms with Crippen LogP contribution in [0.15, 0.2) is 18.2 Å². The number of aromatic amines is 1. The van der Waals surface area contributed by atoms with Gasteiger partial charge in [-0.1, -0.05) is 11.3 Å². The Balaban J connectivity index is 1.98. The minimum absolute atomic E-state index is 0.168. The fourth-order valence-electron chi connectivity index (χ4n) is 1.37. The maximum Gasteiger partial charge on any atom is 0.191 e. The van der Waals surface area contributed by atoms with Crippen LogP contribution in [0.1, 0.15) is 24.4 Å². The van der Waals surface area contributed by atoms with E-state index in [1.165, 1.54) is 12.1 Å². The van der Waals surface area contributed by atoms with Crippen LogP contribution in [0, 0.1) is 11.6 Å². The van der Waals surface area contributed by atoms with Crippen molar-refractivity contribution >= 4 is 0 Å². The van der Waals surface area contributed by atoms with Gasteiger partial charge in [-0.15, -0.1) is 10.2 Å². The average Bonchev–Trinajstić information content (AvgIpc) is 2.81. The van der Waals surface area contributed by atoms with Crippen molar-refractivity contribution < 1.29 is 8.78 Å². The largest absolute Gasteiger partial charge is 0.303 e. The molecule has 0 spiro atoms. The molecule has 90 valence electrons. The third-order valence-electron chi connectivity index (χ3n) is 2.36. The molecule has 2 aromatic rings. The summed E-state index contributed by atoms with van der Waals surface area (Å²) in [5.74, 6) is -0.664. The lowest BCUT2D eigenvalue weighted by Gasteiger charge is -2.10. The van der Waals surface area contributed by atoms with Crippen molar-refractivity contribution in [3.8, 4) is 0 Å². The van der Waals surface area contributed by atoms with E-state index in [4.69, 9.17) is 0 Å². The minimum atomic E-state index is -0.586. The van der Waals surface area contributed by atoms with Crippen molar-refractivity contribution in [1.82, 2.24) is 25.9 Å². The molecule has 1 unspecified atom stereocenters. The van der Waals surface area contributed by atoms with Crippen LogP contribution in [0.25, 0.3) is 0 Å². The predicted molar refractivity (Wildman–Crippen MR) is 55.8 cm³/mol. The van der Waals surface area contributed by atoms with Crippen LogP contribution in [0.2, 0.25) is 0 Å². The van der Waals surface area contributed by atoms with Gasteiger partial charge in [-0.05, 0) is 13.0 Å². The Bertz CT molecular complexity index is 485. The van der Waals surface area contributed by atoms with Crippen molar-refractivity contribution in [1.29, 1.82) is 0 Å². The van der Waals surface area contributed by atoms with E-state index >= 15 is 0 Å². The van der Waals surface area contributed by atoms with Gasteiger partial charge in [0.1, 0.15) is 11.6 Å². The van der Waals surface area contributed by atoms with Crippen molar-refractivity contribution in [2.45, 2.75) is 19.5 Å². The van der Waals surface area contributed by atoms with Crippen LogP contribution >= 0.6 is 0 Å².